The number of amides is 2. The number of carbonyl (C=O) groups excluding carboxylic acids is 2. The van der Waals surface area contributed by atoms with Gasteiger partial charge in [0.05, 0.1) is 0 Å². The zero-order valence-electron chi connectivity index (χ0n) is 16.6. The molecular formula is C22H20Cl2N4O2S. The Labute approximate surface area is 194 Å². The summed E-state index contributed by atoms with van der Waals surface area (Å²) in [5, 5.41) is 6.54. The fourth-order valence-electron chi connectivity index (χ4n) is 3.45. The second kappa shape index (κ2) is 9.68. The number of anilines is 2. The van der Waals surface area contributed by atoms with Crippen molar-refractivity contribution in [1.82, 2.24) is 9.88 Å². The van der Waals surface area contributed by atoms with Crippen LogP contribution in [0.4, 0.5) is 10.8 Å². The number of nitrogens with one attached hydrogen (secondary N) is 1. The molecule has 3 aromatic rings. The smallest absolute Gasteiger partial charge is 0.255 e. The lowest BCUT2D eigenvalue weighted by atomic mass is 10.1. The summed E-state index contributed by atoms with van der Waals surface area (Å²) in [7, 11) is 0. The first-order valence-electron chi connectivity index (χ1n) is 9.81. The molecule has 0 bridgehead atoms. The van der Waals surface area contributed by atoms with Crippen LogP contribution >= 0.6 is 34.5 Å². The van der Waals surface area contributed by atoms with Gasteiger partial charge in [0.2, 0.25) is 0 Å². The van der Waals surface area contributed by atoms with Crippen LogP contribution in [0.25, 0.3) is 0 Å². The Morgan fingerprint density at radius 2 is 1.68 bits per heavy atom. The summed E-state index contributed by atoms with van der Waals surface area (Å²) in [6.07, 6.45) is 2.69. The van der Waals surface area contributed by atoms with Crippen LogP contribution in [-0.2, 0) is 0 Å². The van der Waals surface area contributed by atoms with E-state index in [9.17, 15) is 9.59 Å². The van der Waals surface area contributed by atoms with E-state index in [4.69, 9.17) is 23.2 Å². The Hall–Kier alpha value is -2.61. The number of halogens is 2. The van der Waals surface area contributed by atoms with Crippen LogP contribution in [0.5, 0.6) is 0 Å². The van der Waals surface area contributed by atoms with Crippen LogP contribution in [0.15, 0.2) is 54.0 Å². The molecule has 0 saturated carbocycles. The van der Waals surface area contributed by atoms with E-state index in [-0.39, 0.29) is 11.8 Å². The number of benzene rings is 2. The fourth-order valence-corrected chi connectivity index (χ4v) is 4.67. The van der Waals surface area contributed by atoms with E-state index < -0.39 is 0 Å². The molecule has 9 heteroatoms. The van der Waals surface area contributed by atoms with Crippen molar-refractivity contribution in [3.05, 3.63) is 75.2 Å². The summed E-state index contributed by atoms with van der Waals surface area (Å²) in [6.45, 7) is 2.99. The molecule has 1 N–H and O–H groups in total. The fraction of sp³-hybridized carbons (Fsp3) is 0.227. The van der Waals surface area contributed by atoms with Crippen LogP contribution < -0.4 is 10.2 Å². The molecule has 1 aliphatic rings. The summed E-state index contributed by atoms with van der Waals surface area (Å²) in [5.74, 6) is -0.334. The number of nitrogens with zero attached hydrogens (tertiary/aromatic N) is 3. The van der Waals surface area contributed by atoms with E-state index in [1.54, 1.807) is 60.0 Å². The molecule has 2 amide bonds. The average Bonchev–Trinajstić information content (AvgIpc) is 3.18. The number of rotatable bonds is 4. The molecule has 2 aromatic carbocycles. The zero-order chi connectivity index (χ0) is 21.8. The van der Waals surface area contributed by atoms with Crippen molar-refractivity contribution in [1.29, 1.82) is 0 Å². The SMILES string of the molecule is O=C(Nc1ccc(C(=O)N2CCCN(c3nccs3)CC2)cc1)c1cc(Cl)cc(Cl)c1. The second-order valence-corrected chi connectivity index (χ2v) is 8.88. The Kier molecular flexibility index (Phi) is 6.75. The number of aromatic nitrogens is 1. The van der Waals surface area contributed by atoms with E-state index in [0.717, 1.165) is 24.6 Å². The van der Waals surface area contributed by atoms with E-state index in [1.165, 1.54) is 0 Å². The predicted molar refractivity (Wildman–Crippen MR) is 126 cm³/mol. The third-order valence-corrected chi connectivity index (χ3v) is 6.26. The van der Waals surface area contributed by atoms with Gasteiger partial charge in [0.25, 0.3) is 11.8 Å². The standard InChI is InChI=1S/C22H20Cl2N4O2S/c23-17-12-16(13-18(24)14-17)20(29)26-19-4-2-15(3-5-19)21(30)27-7-1-8-28(10-9-27)22-25-6-11-31-22/h2-6,11-14H,1,7-10H2,(H,26,29). The van der Waals surface area contributed by atoms with Crippen LogP contribution in [0.3, 0.4) is 0 Å². The quantitative estimate of drug-likeness (QED) is 0.573. The number of thiazole rings is 1. The van der Waals surface area contributed by atoms with Crippen molar-refractivity contribution in [3.63, 3.8) is 0 Å². The maximum Gasteiger partial charge on any atom is 0.255 e. The van der Waals surface area contributed by atoms with Gasteiger partial charge in [-0.05, 0) is 48.9 Å². The molecule has 0 radical (unpaired) electrons. The molecule has 1 fully saturated rings. The van der Waals surface area contributed by atoms with Gasteiger partial charge < -0.3 is 15.1 Å². The van der Waals surface area contributed by atoms with Crippen LogP contribution in [0, 0.1) is 0 Å². The van der Waals surface area contributed by atoms with Gasteiger partial charge in [-0.25, -0.2) is 4.98 Å². The van der Waals surface area contributed by atoms with E-state index >= 15 is 0 Å². The molecule has 0 aliphatic carbocycles. The maximum absolute atomic E-state index is 13.0. The Morgan fingerprint density at radius 1 is 0.935 bits per heavy atom. The maximum atomic E-state index is 13.0. The minimum absolute atomic E-state index is 0.0134. The lowest BCUT2D eigenvalue weighted by Gasteiger charge is -2.22. The molecular weight excluding hydrogens is 455 g/mol. The summed E-state index contributed by atoms with van der Waals surface area (Å²) in [5.41, 5.74) is 1.54. The molecule has 6 nitrogen and oxygen atoms in total. The molecule has 4 rings (SSSR count). The van der Waals surface area contributed by atoms with Crippen molar-refractivity contribution in [2.45, 2.75) is 6.42 Å². The van der Waals surface area contributed by atoms with Gasteiger partial charge in [0.15, 0.2) is 5.13 Å². The molecule has 31 heavy (non-hydrogen) atoms. The normalized spacial score (nSPS) is 14.3. The summed E-state index contributed by atoms with van der Waals surface area (Å²) in [6, 6.07) is 11.6. The largest absolute Gasteiger partial charge is 0.346 e. The van der Waals surface area contributed by atoms with Gasteiger partial charge in [-0.1, -0.05) is 23.2 Å². The average molecular weight is 475 g/mol. The summed E-state index contributed by atoms with van der Waals surface area (Å²) >= 11 is 13.5. The molecule has 1 aromatic heterocycles. The Bertz CT molecular complexity index is 1050. The van der Waals surface area contributed by atoms with Gasteiger partial charge >= 0.3 is 0 Å². The zero-order valence-corrected chi connectivity index (χ0v) is 18.9. The van der Waals surface area contributed by atoms with E-state index in [1.807, 2.05) is 10.3 Å². The lowest BCUT2D eigenvalue weighted by Crippen LogP contribution is -2.35. The monoisotopic (exact) mass is 474 g/mol. The van der Waals surface area contributed by atoms with Crippen LogP contribution in [0.2, 0.25) is 10.0 Å². The summed E-state index contributed by atoms with van der Waals surface area (Å²) < 4.78 is 0. The highest BCUT2D eigenvalue weighted by molar-refractivity contribution is 7.13. The molecule has 1 aliphatic heterocycles. The molecule has 2 heterocycles. The predicted octanol–water partition coefficient (Wildman–Crippen LogP) is 5.05. The lowest BCUT2D eigenvalue weighted by molar-refractivity contribution is 0.0767. The Balaban J connectivity index is 1.38. The highest BCUT2D eigenvalue weighted by Gasteiger charge is 2.21. The molecule has 0 atom stereocenters. The van der Waals surface area contributed by atoms with Crippen molar-refractivity contribution < 1.29 is 9.59 Å². The third kappa shape index (κ3) is 5.36. The van der Waals surface area contributed by atoms with Crippen molar-refractivity contribution in [2.75, 3.05) is 36.4 Å². The minimum atomic E-state index is -0.321. The second-order valence-electron chi connectivity index (χ2n) is 7.14. The van der Waals surface area contributed by atoms with Gasteiger partial charge in [-0.3, -0.25) is 9.59 Å². The molecule has 0 unspecified atom stereocenters. The summed E-state index contributed by atoms with van der Waals surface area (Å²) in [4.78, 5) is 33.8. The molecule has 0 spiro atoms. The van der Waals surface area contributed by atoms with Crippen LogP contribution in [-0.4, -0.2) is 47.9 Å². The molecule has 1 saturated heterocycles. The first-order valence-corrected chi connectivity index (χ1v) is 11.4. The van der Waals surface area contributed by atoms with E-state index in [2.05, 4.69) is 15.2 Å². The van der Waals surface area contributed by atoms with Crippen molar-refractivity contribution in [3.8, 4) is 0 Å². The Morgan fingerprint density at radius 3 is 2.35 bits per heavy atom. The third-order valence-electron chi connectivity index (χ3n) is 4.99. The van der Waals surface area contributed by atoms with E-state index in [0.29, 0.717) is 39.9 Å². The van der Waals surface area contributed by atoms with Gasteiger partial charge in [0, 0.05) is 64.6 Å². The van der Waals surface area contributed by atoms with Gasteiger partial charge in [0.1, 0.15) is 0 Å². The van der Waals surface area contributed by atoms with Crippen molar-refractivity contribution >= 4 is 57.2 Å². The highest BCUT2D eigenvalue weighted by Crippen LogP contribution is 2.22. The highest BCUT2D eigenvalue weighted by atomic mass is 35.5. The van der Waals surface area contributed by atoms with Gasteiger partial charge in [-0.15, -0.1) is 11.3 Å². The van der Waals surface area contributed by atoms with Crippen molar-refractivity contribution in [2.24, 2.45) is 0 Å². The number of hydrogen-bond acceptors (Lipinski definition) is 5. The first-order chi connectivity index (χ1) is 15.0. The minimum Gasteiger partial charge on any atom is -0.346 e. The van der Waals surface area contributed by atoms with Gasteiger partial charge in [-0.2, -0.15) is 0 Å². The topological polar surface area (TPSA) is 65.5 Å². The molecule has 160 valence electrons. The first kappa shape index (κ1) is 21.6. The number of carbonyl (C=O) groups is 2. The van der Waals surface area contributed by atoms with Crippen LogP contribution in [0.1, 0.15) is 27.1 Å². The number of hydrogen-bond donors (Lipinski definition) is 1.